The Kier molecular flexibility index (Phi) is 4.36. The molecule has 0 aromatic heterocycles. The molecule has 3 heteroatoms. The van der Waals surface area contributed by atoms with E-state index in [1.54, 1.807) is 6.92 Å². The molecule has 0 heterocycles. The fraction of sp³-hybridized carbons (Fsp3) is 0.294. The van der Waals surface area contributed by atoms with Gasteiger partial charge in [-0.15, -0.1) is 0 Å². The van der Waals surface area contributed by atoms with Crippen molar-refractivity contribution < 1.29 is 5.11 Å². The molecule has 1 atom stereocenters. The summed E-state index contributed by atoms with van der Waals surface area (Å²) in [6.45, 7) is 5.91. The second kappa shape index (κ2) is 5.86. The summed E-state index contributed by atoms with van der Waals surface area (Å²) in [6, 6.07) is 12.1. The monoisotopic (exact) mass is 289 g/mol. The van der Waals surface area contributed by atoms with Gasteiger partial charge in [0.1, 0.15) is 0 Å². The molecular formula is C17H20ClNO. The van der Waals surface area contributed by atoms with Crippen LogP contribution >= 0.6 is 11.6 Å². The zero-order valence-electron chi connectivity index (χ0n) is 12.3. The predicted molar refractivity (Wildman–Crippen MR) is 86.1 cm³/mol. The zero-order chi connectivity index (χ0) is 14.9. The molecule has 2 nitrogen and oxygen atoms in total. The maximum absolute atomic E-state index is 9.63. The van der Waals surface area contributed by atoms with Gasteiger partial charge in [0, 0.05) is 23.4 Å². The van der Waals surface area contributed by atoms with Crippen LogP contribution in [0.3, 0.4) is 0 Å². The fourth-order valence-electron chi connectivity index (χ4n) is 2.38. The molecule has 106 valence electrons. The van der Waals surface area contributed by atoms with Crippen LogP contribution < -0.4 is 4.90 Å². The Morgan fingerprint density at radius 2 is 1.80 bits per heavy atom. The van der Waals surface area contributed by atoms with Crippen molar-refractivity contribution in [3.05, 3.63) is 58.1 Å². The highest BCUT2D eigenvalue weighted by Gasteiger charge is 2.11. The molecule has 0 saturated heterocycles. The maximum atomic E-state index is 9.63. The largest absolute Gasteiger partial charge is 0.389 e. The van der Waals surface area contributed by atoms with E-state index < -0.39 is 6.10 Å². The average molecular weight is 290 g/mol. The Labute approximate surface area is 125 Å². The minimum Gasteiger partial charge on any atom is -0.389 e. The molecule has 2 rings (SSSR count). The van der Waals surface area contributed by atoms with Crippen LogP contribution in [0.1, 0.15) is 29.7 Å². The number of aryl methyl sites for hydroxylation is 2. The number of rotatable bonds is 3. The van der Waals surface area contributed by atoms with Crippen molar-refractivity contribution in [1.29, 1.82) is 0 Å². The summed E-state index contributed by atoms with van der Waals surface area (Å²) in [7, 11) is 2.02. The molecule has 1 unspecified atom stereocenters. The summed E-state index contributed by atoms with van der Waals surface area (Å²) in [5.74, 6) is 0. The number of hydrogen-bond acceptors (Lipinski definition) is 2. The maximum Gasteiger partial charge on any atom is 0.0776 e. The first-order valence-electron chi connectivity index (χ1n) is 6.68. The van der Waals surface area contributed by atoms with Crippen LogP contribution in [0, 0.1) is 13.8 Å². The topological polar surface area (TPSA) is 23.5 Å². The fourth-order valence-corrected chi connectivity index (χ4v) is 2.72. The quantitative estimate of drug-likeness (QED) is 0.879. The van der Waals surface area contributed by atoms with E-state index in [-0.39, 0.29) is 0 Å². The van der Waals surface area contributed by atoms with Gasteiger partial charge in [0.25, 0.3) is 0 Å². The first kappa shape index (κ1) is 14.9. The molecule has 0 radical (unpaired) electrons. The molecule has 2 aromatic carbocycles. The van der Waals surface area contributed by atoms with Crippen LogP contribution in [0.2, 0.25) is 5.02 Å². The molecular weight excluding hydrogens is 270 g/mol. The van der Waals surface area contributed by atoms with E-state index in [0.29, 0.717) is 5.02 Å². The zero-order valence-corrected chi connectivity index (χ0v) is 13.1. The Morgan fingerprint density at radius 1 is 1.10 bits per heavy atom. The van der Waals surface area contributed by atoms with Crippen LogP contribution in [0.5, 0.6) is 0 Å². The van der Waals surface area contributed by atoms with Gasteiger partial charge in [0.05, 0.1) is 6.10 Å². The van der Waals surface area contributed by atoms with Crippen molar-refractivity contribution in [3.8, 4) is 0 Å². The summed E-state index contributed by atoms with van der Waals surface area (Å²) >= 11 is 6.23. The van der Waals surface area contributed by atoms with Crippen molar-refractivity contribution in [2.75, 3.05) is 11.9 Å². The van der Waals surface area contributed by atoms with Crippen LogP contribution in [0.25, 0.3) is 0 Å². The summed E-state index contributed by atoms with van der Waals surface area (Å²) in [4.78, 5) is 2.10. The van der Waals surface area contributed by atoms with E-state index in [2.05, 4.69) is 36.9 Å². The van der Waals surface area contributed by atoms with Gasteiger partial charge >= 0.3 is 0 Å². The van der Waals surface area contributed by atoms with Crippen LogP contribution in [-0.2, 0) is 0 Å². The van der Waals surface area contributed by atoms with Crippen molar-refractivity contribution in [2.24, 2.45) is 0 Å². The van der Waals surface area contributed by atoms with Gasteiger partial charge in [-0.3, -0.25) is 0 Å². The normalized spacial score (nSPS) is 12.3. The second-order valence-corrected chi connectivity index (χ2v) is 5.64. The lowest BCUT2D eigenvalue weighted by Crippen LogP contribution is -2.11. The molecule has 0 bridgehead atoms. The Morgan fingerprint density at radius 3 is 2.35 bits per heavy atom. The molecule has 0 amide bonds. The molecule has 1 N–H and O–H groups in total. The summed E-state index contributed by atoms with van der Waals surface area (Å²) in [5.41, 5.74) is 5.39. The highest BCUT2D eigenvalue weighted by atomic mass is 35.5. The minimum absolute atomic E-state index is 0.553. The van der Waals surface area contributed by atoms with Crippen molar-refractivity contribution in [2.45, 2.75) is 26.9 Å². The molecule has 2 aromatic rings. The van der Waals surface area contributed by atoms with E-state index in [4.69, 9.17) is 11.6 Å². The third-order valence-electron chi connectivity index (χ3n) is 3.54. The summed E-state index contributed by atoms with van der Waals surface area (Å²) in [6.07, 6.45) is -0.553. The SMILES string of the molecule is Cc1ccc(N(C)c2ccc(C(C)O)c(Cl)c2)c(C)c1. The van der Waals surface area contributed by atoms with Gasteiger partial charge in [-0.05, 0) is 50.1 Å². The van der Waals surface area contributed by atoms with E-state index in [1.807, 2.05) is 25.2 Å². The summed E-state index contributed by atoms with van der Waals surface area (Å²) in [5, 5.41) is 10.2. The minimum atomic E-state index is -0.553. The lowest BCUT2D eigenvalue weighted by molar-refractivity contribution is 0.199. The van der Waals surface area contributed by atoms with E-state index in [9.17, 15) is 5.11 Å². The molecule has 0 spiro atoms. The Balaban J connectivity index is 2.38. The van der Waals surface area contributed by atoms with Crippen molar-refractivity contribution >= 4 is 23.0 Å². The van der Waals surface area contributed by atoms with E-state index in [1.165, 1.54) is 11.1 Å². The molecule has 0 saturated carbocycles. The third-order valence-corrected chi connectivity index (χ3v) is 3.86. The lowest BCUT2D eigenvalue weighted by atomic mass is 10.1. The first-order valence-corrected chi connectivity index (χ1v) is 7.06. The molecule has 0 fully saturated rings. The van der Waals surface area contributed by atoms with Crippen molar-refractivity contribution in [1.82, 2.24) is 0 Å². The number of benzene rings is 2. The summed E-state index contributed by atoms with van der Waals surface area (Å²) < 4.78 is 0. The number of anilines is 2. The van der Waals surface area contributed by atoms with E-state index in [0.717, 1.165) is 16.9 Å². The number of aliphatic hydroxyl groups is 1. The van der Waals surface area contributed by atoms with Crippen LogP contribution in [0.15, 0.2) is 36.4 Å². The average Bonchev–Trinajstić information content (AvgIpc) is 2.37. The lowest BCUT2D eigenvalue weighted by Gasteiger charge is -2.23. The highest BCUT2D eigenvalue weighted by molar-refractivity contribution is 6.31. The number of hydrogen-bond donors (Lipinski definition) is 1. The van der Waals surface area contributed by atoms with E-state index >= 15 is 0 Å². The van der Waals surface area contributed by atoms with Crippen LogP contribution in [0.4, 0.5) is 11.4 Å². The van der Waals surface area contributed by atoms with Gasteiger partial charge in [-0.25, -0.2) is 0 Å². The van der Waals surface area contributed by atoms with Crippen LogP contribution in [-0.4, -0.2) is 12.2 Å². The number of halogens is 1. The smallest absolute Gasteiger partial charge is 0.0776 e. The predicted octanol–water partition coefficient (Wildman–Crippen LogP) is 4.78. The van der Waals surface area contributed by atoms with Gasteiger partial charge < -0.3 is 10.0 Å². The van der Waals surface area contributed by atoms with Gasteiger partial charge in [0.2, 0.25) is 0 Å². The number of nitrogens with zero attached hydrogens (tertiary/aromatic N) is 1. The molecule has 0 aliphatic heterocycles. The molecule has 20 heavy (non-hydrogen) atoms. The Bertz CT molecular complexity index is 622. The number of aliphatic hydroxyl groups excluding tert-OH is 1. The van der Waals surface area contributed by atoms with Gasteiger partial charge in [-0.1, -0.05) is 35.4 Å². The van der Waals surface area contributed by atoms with Crippen molar-refractivity contribution in [3.63, 3.8) is 0 Å². The standard InChI is InChI=1S/C17H20ClNO/c1-11-5-8-17(12(2)9-11)19(4)14-6-7-15(13(3)20)16(18)10-14/h5-10,13,20H,1-4H3. The van der Waals surface area contributed by atoms with Gasteiger partial charge in [-0.2, -0.15) is 0 Å². The highest BCUT2D eigenvalue weighted by Crippen LogP contribution is 2.32. The molecule has 0 aliphatic carbocycles. The van der Waals surface area contributed by atoms with Gasteiger partial charge in [0.15, 0.2) is 0 Å². The second-order valence-electron chi connectivity index (χ2n) is 5.23. The first-order chi connectivity index (χ1) is 9.40. The third kappa shape index (κ3) is 2.97. The molecule has 0 aliphatic rings. The Hall–Kier alpha value is -1.51.